The summed E-state index contributed by atoms with van der Waals surface area (Å²) in [5.74, 6) is 0. The van der Waals surface area contributed by atoms with Crippen LogP contribution in [0.4, 0.5) is 5.69 Å². The maximum atomic E-state index is 12.3. The molecule has 1 aromatic carbocycles. The van der Waals surface area contributed by atoms with E-state index in [1.165, 1.54) is 12.1 Å². The number of nitro groups is 1. The predicted octanol–water partition coefficient (Wildman–Crippen LogP) is -0.0995. The Morgan fingerprint density at radius 2 is 2.00 bits per heavy atom. The summed E-state index contributed by atoms with van der Waals surface area (Å²) in [6, 6.07) is 4.71. The van der Waals surface area contributed by atoms with Gasteiger partial charge in [-0.25, -0.2) is 8.42 Å². The molecule has 1 heterocycles. The second-order valence-corrected chi connectivity index (χ2v) is 5.90. The van der Waals surface area contributed by atoms with Gasteiger partial charge in [-0.2, -0.15) is 4.31 Å². The summed E-state index contributed by atoms with van der Waals surface area (Å²) < 4.78 is 30.8. The minimum atomic E-state index is -3.75. The number of hydrogen-bond acceptors (Lipinski definition) is 6. The zero-order valence-corrected chi connectivity index (χ0v) is 10.7. The molecule has 1 unspecified atom stereocenters. The van der Waals surface area contributed by atoms with Crippen LogP contribution in [0.3, 0.4) is 0 Å². The largest absolute Gasteiger partial charge is 0.377 e. The normalized spacial score (nSPS) is 21.2. The highest BCUT2D eigenvalue weighted by atomic mass is 32.2. The topological polar surface area (TPSA) is 116 Å². The van der Waals surface area contributed by atoms with Crippen LogP contribution in [0.2, 0.25) is 0 Å². The molecule has 0 bridgehead atoms. The summed E-state index contributed by atoms with van der Waals surface area (Å²) in [6.07, 6.45) is -0.742. The maximum Gasteiger partial charge on any atom is 0.269 e. The lowest BCUT2D eigenvalue weighted by molar-refractivity contribution is -0.384. The van der Waals surface area contributed by atoms with Crippen LogP contribution in [0.25, 0.3) is 0 Å². The molecule has 0 amide bonds. The van der Waals surface area contributed by atoms with E-state index < -0.39 is 21.1 Å². The van der Waals surface area contributed by atoms with Crippen LogP contribution in [0.5, 0.6) is 0 Å². The first-order chi connectivity index (χ1) is 8.93. The number of nitrogens with two attached hydrogens (primary N) is 1. The Hall–Kier alpha value is -1.55. The van der Waals surface area contributed by atoms with Crippen LogP contribution in [-0.2, 0) is 14.8 Å². The lowest BCUT2D eigenvalue weighted by Gasteiger charge is -2.31. The van der Waals surface area contributed by atoms with Crippen LogP contribution < -0.4 is 5.73 Å². The lowest BCUT2D eigenvalue weighted by atomic mass is 10.3. The second kappa shape index (κ2) is 5.21. The Bertz CT molecular complexity index is 571. The summed E-state index contributed by atoms with van der Waals surface area (Å²) in [5.41, 5.74) is 5.53. The van der Waals surface area contributed by atoms with Crippen molar-refractivity contribution in [3.05, 3.63) is 34.4 Å². The van der Waals surface area contributed by atoms with Gasteiger partial charge >= 0.3 is 0 Å². The SMILES string of the molecule is NC1COCCN1S(=O)(=O)c1ccc([N+](=O)[O-])cc1. The molecule has 0 aliphatic carbocycles. The number of non-ortho nitro benzene ring substituents is 1. The molecule has 104 valence electrons. The molecule has 8 nitrogen and oxygen atoms in total. The average molecular weight is 287 g/mol. The molecular weight excluding hydrogens is 274 g/mol. The van der Waals surface area contributed by atoms with E-state index in [1.807, 2.05) is 0 Å². The molecule has 1 fully saturated rings. The van der Waals surface area contributed by atoms with Crippen molar-refractivity contribution in [1.82, 2.24) is 4.31 Å². The van der Waals surface area contributed by atoms with Gasteiger partial charge in [0, 0.05) is 18.7 Å². The van der Waals surface area contributed by atoms with Gasteiger partial charge in [-0.3, -0.25) is 10.1 Å². The molecule has 1 aromatic rings. The third-order valence-electron chi connectivity index (χ3n) is 2.77. The van der Waals surface area contributed by atoms with Crippen molar-refractivity contribution >= 4 is 15.7 Å². The fourth-order valence-electron chi connectivity index (χ4n) is 1.78. The van der Waals surface area contributed by atoms with Crippen molar-refractivity contribution in [2.45, 2.75) is 11.1 Å². The number of nitro benzene ring substituents is 1. The molecule has 1 aliphatic heterocycles. The van der Waals surface area contributed by atoms with Gasteiger partial charge < -0.3 is 10.5 Å². The van der Waals surface area contributed by atoms with E-state index >= 15 is 0 Å². The molecular formula is C10H13N3O5S. The fourth-order valence-corrected chi connectivity index (χ4v) is 3.26. The Balaban J connectivity index is 2.30. The molecule has 2 N–H and O–H groups in total. The van der Waals surface area contributed by atoms with Gasteiger partial charge in [-0.05, 0) is 12.1 Å². The van der Waals surface area contributed by atoms with Crippen molar-refractivity contribution in [1.29, 1.82) is 0 Å². The molecule has 0 radical (unpaired) electrons. The highest BCUT2D eigenvalue weighted by molar-refractivity contribution is 7.89. The lowest BCUT2D eigenvalue weighted by Crippen LogP contribution is -2.53. The Morgan fingerprint density at radius 1 is 1.37 bits per heavy atom. The monoisotopic (exact) mass is 287 g/mol. The Kier molecular flexibility index (Phi) is 3.80. The van der Waals surface area contributed by atoms with Gasteiger partial charge in [0.1, 0.15) is 0 Å². The van der Waals surface area contributed by atoms with E-state index in [4.69, 9.17) is 10.5 Å². The molecule has 19 heavy (non-hydrogen) atoms. The van der Waals surface area contributed by atoms with Crippen molar-refractivity contribution in [2.75, 3.05) is 19.8 Å². The van der Waals surface area contributed by atoms with E-state index in [1.54, 1.807) is 0 Å². The van der Waals surface area contributed by atoms with Crippen LogP contribution in [0.15, 0.2) is 29.2 Å². The molecule has 1 atom stereocenters. The quantitative estimate of drug-likeness (QED) is 0.613. The van der Waals surface area contributed by atoms with Gasteiger partial charge in [0.15, 0.2) is 0 Å². The smallest absolute Gasteiger partial charge is 0.269 e. The number of sulfonamides is 1. The van der Waals surface area contributed by atoms with Gasteiger partial charge in [-0.15, -0.1) is 0 Å². The fraction of sp³-hybridized carbons (Fsp3) is 0.400. The number of ether oxygens (including phenoxy) is 1. The molecule has 1 aliphatic rings. The first-order valence-corrected chi connectivity index (χ1v) is 6.96. The Labute approximate surface area is 110 Å². The van der Waals surface area contributed by atoms with Crippen LogP contribution in [0, 0.1) is 10.1 Å². The van der Waals surface area contributed by atoms with E-state index in [0.29, 0.717) is 0 Å². The highest BCUT2D eigenvalue weighted by Gasteiger charge is 2.32. The molecule has 0 saturated carbocycles. The van der Waals surface area contributed by atoms with Crippen molar-refractivity contribution in [3.8, 4) is 0 Å². The molecule has 0 aromatic heterocycles. The summed E-state index contributed by atoms with van der Waals surface area (Å²) >= 11 is 0. The summed E-state index contributed by atoms with van der Waals surface area (Å²) in [4.78, 5) is 9.92. The van der Waals surface area contributed by atoms with Crippen LogP contribution in [-0.4, -0.2) is 43.6 Å². The van der Waals surface area contributed by atoms with E-state index in [9.17, 15) is 18.5 Å². The minimum absolute atomic E-state index is 0.0181. The maximum absolute atomic E-state index is 12.3. The van der Waals surface area contributed by atoms with Gasteiger partial charge in [0.25, 0.3) is 5.69 Å². The van der Waals surface area contributed by atoms with Gasteiger partial charge in [0.05, 0.1) is 29.2 Å². The number of morpholine rings is 1. The predicted molar refractivity (Wildman–Crippen MR) is 65.8 cm³/mol. The van der Waals surface area contributed by atoms with Crippen molar-refractivity contribution < 1.29 is 18.1 Å². The van der Waals surface area contributed by atoms with Crippen LogP contribution >= 0.6 is 0 Å². The zero-order chi connectivity index (χ0) is 14.0. The highest BCUT2D eigenvalue weighted by Crippen LogP contribution is 2.21. The third kappa shape index (κ3) is 2.73. The summed E-state index contributed by atoms with van der Waals surface area (Å²) in [6.45, 7) is 0.576. The molecule has 2 rings (SSSR count). The van der Waals surface area contributed by atoms with Crippen molar-refractivity contribution in [3.63, 3.8) is 0 Å². The second-order valence-electron chi connectivity index (χ2n) is 4.01. The minimum Gasteiger partial charge on any atom is -0.377 e. The molecule has 1 saturated heterocycles. The molecule has 0 spiro atoms. The summed E-state index contributed by atoms with van der Waals surface area (Å²) in [5, 5.41) is 10.5. The zero-order valence-electron chi connectivity index (χ0n) is 9.93. The standard InChI is InChI=1S/C10H13N3O5S/c11-10-7-18-6-5-12(10)19(16,17)9-3-1-8(2-4-9)13(14)15/h1-4,10H,5-7,11H2. The third-order valence-corrected chi connectivity index (χ3v) is 4.71. The number of hydrogen-bond donors (Lipinski definition) is 1. The number of nitrogens with zero attached hydrogens (tertiary/aromatic N) is 2. The van der Waals surface area contributed by atoms with E-state index in [0.717, 1.165) is 16.4 Å². The van der Waals surface area contributed by atoms with Gasteiger partial charge in [0.2, 0.25) is 10.0 Å². The first kappa shape index (κ1) is 13.9. The summed E-state index contributed by atoms with van der Waals surface area (Å²) in [7, 11) is -3.75. The van der Waals surface area contributed by atoms with Crippen LogP contribution in [0.1, 0.15) is 0 Å². The number of benzene rings is 1. The first-order valence-electron chi connectivity index (χ1n) is 5.52. The van der Waals surface area contributed by atoms with Gasteiger partial charge in [-0.1, -0.05) is 0 Å². The Morgan fingerprint density at radius 3 is 2.53 bits per heavy atom. The van der Waals surface area contributed by atoms with Crippen molar-refractivity contribution in [2.24, 2.45) is 5.73 Å². The molecule has 9 heteroatoms. The number of rotatable bonds is 3. The van der Waals surface area contributed by atoms with E-state index in [2.05, 4.69) is 0 Å². The van der Waals surface area contributed by atoms with E-state index in [-0.39, 0.29) is 30.3 Å². The average Bonchev–Trinajstić information content (AvgIpc) is 2.39.